The average molecular weight is 205 g/mol. The molecule has 5 heteroatoms. The summed E-state index contributed by atoms with van der Waals surface area (Å²) in [5.41, 5.74) is 3.22. The number of aromatic amines is 1. The van der Waals surface area contributed by atoms with E-state index in [0.717, 1.165) is 30.2 Å². The van der Waals surface area contributed by atoms with Crippen molar-refractivity contribution in [2.24, 2.45) is 7.05 Å². The second-order valence-electron chi connectivity index (χ2n) is 3.56. The Morgan fingerprint density at radius 3 is 2.93 bits per heavy atom. The monoisotopic (exact) mass is 205 g/mol. The Balaban J connectivity index is 1.83. The number of nitrogens with zero attached hydrogens (tertiary/aromatic N) is 3. The van der Waals surface area contributed by atoms with E-state index in [4.69, 9.17) is 0 Å². The topological polar surface area (TPSA) is 58.5 Å². The van der Waals surface area contributed by atoms with Gasteiger partial charge < -0.3 is 10.3 Å². The van der Waals surface area contributed by atoms with Crippen LogP contribution in [-0.4, -0.2) is 19.7 Å². The van der Waals surface area contributed by atoms with Crippen LogP contribution in [0, 0.1) is 6.92 Å². The van der Waals surface area contributed by atoms with Gasteiger partial charge in [0.15, 0.2) is 0 Å². The molecule has 0 atom stereocenters. The SMILES string of the molecule is Cc1[nH]cnc1CNCc1ccn(C)n1. The van der Waals surface area contributed by atoms with Gasteiger partial charge in [0.2, 0.25) is 0 Å². The largest absolute Gasteiger partial charge is 0.348 e. The van der Waals surface area contributed by atoms with Crippen LogP contribution in [0.1, 0.15) is 17.1 Å². The van der Waals surface area contributed by atoms with E-state index >= 15 is 0 Å². The van der Waals surface area contributed by atoms with Gasteiger partial charge in [-0.15, -0.1) is 0 Å². The molecule has 0 spiro atoms. The van der Waals surface area contributed by atoms with E-state index in [1.165, 1.54) is 0 Å². The quantitative estimate of drug-likeness (QED) is 0.774. The lowest BCUT2D eigenvalue weighted by Gasteiger charge is -2.00. The number of H-pyrrole nitrogens is 1. The highest BCUT2D eigenvalue weighted by molar-refractivity contribution is 5.08. The summed E-state index contributed by atoms with van der Waals surface area (Å²) in [5, 5.41) is 7.58. The second-order valence-corrected chi connectivity index (χ2v) is 3.56. The summed E-state index contributed by atoms with van der Waals surface area (Å²) in [6.07, 6.45) is 3.66. The molecule has 0 bridgehead atoms. The predicted octanol–water partition coefficient (Wildman–Crippen LogP) is 0.741. The fraction of sp³-hybridized carbons (Fsp3) is 0.400. The molecule has 0 radical (unpaired) electrons. The minimum absolute atomic E-state index is 0.770. The fourth-order valence-electron chi connectivity index (χ4n) is 1.43. The summed E-state index contributed by atoms with van der Waals surface area (Å²) in [4.78, 5) is 7.26. The third-order valence-corrected chi connectivity index (χ3v) is 2.30. The van der Waals surface area contributed by atoms with Gasteiger partial charge in [0.1, 0.15) is 0 Å². The number of nitrogens with one attached hydrogen (secondary N) is 2. The van der Waals surface area contributed by atoms with Crippen LogP contribution in [0.15, 0.2) is 18.6 Å². The summed E-state index contributed by atoms with van der Waals surface area (Å²) in [7, 11) is 1.92. The Bertz CT molecular complexity index is 428. The Morgan fingerprint density at radius 2 is 2.33 bits per heavy atom. The minimum Gasteiger partial charge on any atom is -0.348 e. The molecule has 0 saturated carbocycles. The molecule has 0 amide bonds. The zero-order chi connectivity index (χ0) is 10.7. The van der Waals surface area contributed by atoms with Crippen LogP contribution in [0.3, 0.4) is 0 Å². The first-order valence-corrected chi connectivity index (χ1v) is 4.94. The summed E-state index contributed by atoms with van der Waals surface area (Å²) in [6, 6.07) is 2.00. The van der Waals surface area contributed by atoms with Crippen LogP contribution in [0.25, 0.3) is 0 Å². The lowest BCUT2D eigenvalue weighted by atomic mass is 10.3. The molecule has 2 aromatic heterocycles. The van der Waals surface area contributed by atoms with Crippen molar-refractivity contribution in [2.75, 3.05) is 0 Å². The van der Waals surface area contributed by atoms with Crippen LogP contribution in [0.2, 0.25) is 0 Å². The first-order valence-electron chi connectivity index (χ1n) is 4.94. The molecule has 0 aromatic carbocycles. The van der Waals surface area contributed by atoms with Gasteiger partial charge in [0, 0.05) is 32.0 Å². The van der Waals surface area contributed by atoms with Gasteiger partial charge >= 0.3 is 0 Å². The van der Waals surface area contributed by atoms with Gasteiger partial charge in [-0.1, -0.05) is 0 Å². The first-order chi connectivity index (χ1) is 7.25. The molecule has 5 nitrogen and oxygen atoms in total. The van der Waals surface area contributed by atoms with Crippen molar-refractivity contribution < 1.29 is 0 Å². The fourth-order valence-corrected chi connectivity index (χ4v) is 1.43. The normalized spacial score (nSPS) is 10.8. The van der Waals surface area contributed by atoms with Gasteiger partial charge in [-0.2, -0.15) is 5.10 Å². The highest BCUT2D eigenvalue weighted by Crippen LogP contribution is 2.00. The number of aryl methyl sites for hydroxylation is 2. The van der Waals surface area contributed by atoms with E-state index in [9.17, 15) is 0 Å². The third-order valence-electron chi connectivity index (χ3n) is 2.30. The van der Waals surface area contributed by atoms with E-state index < -0.39 is 0 Å². The number of imidazole rings is 1. The van der Waals surface area contributed by atoms with Gasteiger partial charge in [0.25, 0.3) is 0 Å². The molecule has 2 rings (SSSR count). The third kappa shape index (κ3) is 2.44. The van der Waals surface area contributed by atoms with E-state index in [1.807, 2.05) is 26.2 Å². The van der Waals surface area contributed by atoms with Crippen LogP contribution >= 0.6 is 0 Å². The average Bonchev–Trinajstić information content (AvgIpc) is 2.77. The maximum Gasteiger partial charge on any atom is 0.0925 e. The number of rotatable bonds is 4. The van der Waals surface area contributed by atoms with E-state index in [1.54, 1.807) is 11.0 Å². The zero-order valence-corrected chi connectivity index (χ0v) is 8.99. The summed E-state index contributed by atoms with van der Waals surface area (Å²) >= 11 is 0. The Morgan fingerprint density at radius 1 is 1.47 bits per heavy atom. The number of hydrogen-bond donors (Lipinski definition) is 2. The second kappa shape index (κ2) is 4.27. The highest BCUT2D eigenvalue weighted by atomic mass is 15.3. The standard InChI is InChI=1S/C10H15N5/c1-8-10(13-7-12-8)6-11-5-9-3-4-15(2)14-9/h3-4,7,11H,5-6H2,1-2H3,(H,12,13). The molecule has 2 N–H and O–H groups in total. The molecule has 0 fully saturated rings. The molecule has 2 heterocycles. The molecule has 15 heavy (non-hydrogen) atoms. The van der Waals surface area contributed by atoms with Crippen molar-refractivity contribution in [1.82, 2.24) is 25.1 Å². The van der Waals surface area contributed by atoms with Crippen molar-refractivity contribution in [2.45, 2.75) is 20.0 Å². The van der Waals surface area contributed by atoms with Gasteiger partial charge in [-0.3, -0.25) is 4.68 Å². The molecule has 0 saturated heterocycles. The Kier molecular flexibility index (Phi) is 2.82. The summed E-state index contributed by atoms with van der Waals surface area (Å²) in [6.45, 7) is 3.56. The number of hydrogen-bond acceptors (Lipinski definition) is 3. The lowest BCUT2D eigenvalue weighted by molar-refractivity contribution is 0.647. The molecule has 2 aromatic rings. The van der Waals surface area contributed by atoms with E-state index in [2.05, 4.69) is 20.4 Å². The van der Waals surface area contributed by atoms with Crippen LogP contribution in [0.4, 0.5) is 0 Å². The van der Waals surface area contributed by atoms with Crippen molar-refractivity contribution in [1.29, 1.82) is 0 Å². The minimum atomic E-state index is 0.770. The summed E-state index contributed by atoms with van der Waals surface area (Å²) < 4.78 is 1.80. The van der Waals surface area contributed by atoms with Crippen molar-refractivity contribution >= 4 is 0 Å². The van der Waals surface area contributed by atoms with Crippen LogP contribution < -0.4 is 5.32 Å². The van der Waals surface area contributed by atoms with Crippen molar-refractivity contribution in [3.63, 3.8) is 0 Å². The molecular weight excluding hydrogens is 190 g/mol. The predicted molar refractivity (Wildman–Crippen MR) is 57.1 cm³/mol. The maximum atomic E-state index is 4.28. The zero-order valence-electron chi connectivity index (χ0n) is 8.99. The highest BCUT2D eigenvalue weighted by Gasteiger charge is 2.01. The van der Waals surface area contributed by atoms with Crippen LogP contribution in [0.5, 0.6) is 0 Å². The molecule has 0 aliphatic carbocycles. The molecule has 0 aliphatic heterocycles. The molecule has 0 unspecified atom stereocenters. The first kappa shape index (κ1) is 9.92. The van der Waals surface area contributed by atoms with E-state index in [0.29, 0.717) is 0 Å². The molecule has 0 aliphatic rings. The molecule has 80 valence electrons. The van der Waals surface area contributed by atoms with Gasteiger partial charge in [-0.05, 0) is 13.0 Å². The van der Waals surface area contributed by atoms with E-state index in [-0.39, 0.29) is 0 Å². The Labute approximate surface area is 88.5 Å². The smallest absolute Gasteiger partial charge is 0.0925 e. The van der Waals surface area contributed by atoms with Crippen molar-refractivity contribution in [3.8, 4) is 0 Å². The number of aromatic nitrogens is 4. The maximum absolute atomic E-state index is 4.28. The summed E-state index contributed by atoms with van der Waals surface area (Å²) in [5.74, 6) is 0. The van der Waals surface area contributed by atoms with Crippen molar-refractivity contribution in [3.05, 3.63) is 35.7 Å². The molecular formula is C10H15N5. The van der Waals surface area contributed by atoms with Gasteiger partial charge in [-0.25, -0.2) is 4.98 Å². The van der Waals surface area contributed by atoms with Gasteiger partial charge in [0.05, 0.1) is 17.7 Å². The Hall–Kier alpha value is -1.62. The van der Waals surface area contributed by atoms with Crippen LogP contribution in [-0.2, 0) is 20.1 Å². The lowest BCUT2D eigenvalue weighted by Crippen LogP contribution is -2.14.